The van der Waals surface area contributed by atoms with Crippen LogP contribution in [0.25, 0.3) is 111 Å². The fraction of sp³-hybridized carbons (Fsp3) is 0.0172. The minimum absolute atomic E-state index is 0.557. The topological polar surface area (TPSA) is 65.0 Å². The molecule has 5 nitrogen and oxygen atoms in total. The predicted octanol–water partition coefficient (Wildman–Crippen LogP) is 14.7. The zero-order valence-corrected chi connectivity index (χ0v) is 33.7. The SMILES string of the molecule is c1ccc2c(c1)-c1ccccc1C1(c3ccccc3-2)c2ccccc2-c2c(-c3nc(-c4ccc5c(c4)oc4ccccc45)nc(-c4cccc5oc6ccccc6c45)n3)cccc21. The number of aromatic nitrogens is 3. The summed E-state index contributed by atoms with van der Waals surface area (Å²) in [5.41, 5.74) is 17.4. The molecule has 0 saturated heterocycles. The lowest BCUT2D eigenvalue weighted by atomic mass is 9.66. The molecule has 0 unspecified atom stereocenters. The number of fused-ring (bicyclic) bond motifs is 18. The first-order chi connectivity index (χ1) is 31.2. The zero-order chi connectivity index (χ0) is 41.2. The Kier molecular flexibility index (Phi) is 6.97. The molecular weight excluding hydrogens is 771 g/mol. The number of hydrogen-bond donors (Lipinski definition) is 0. The van der Waals surface area contributed by atoms with Gasteiger partial charge < -0.3 is 8.83 Å². The molecule has 63 heavy (non-hydrogen) atoms. The monoisotopic (exact) mass is 803 g/mol. The number of benzene rings is 9. The predicted molar refractivity (Wildman–Crippen MR) is 252 cm³/mol. The van der Waals surface area contributed by atoms with Crippen LogP contribution >= 0.6 is 0 Å². The Morgan fingerprint density at radius 1 is 0.302 bits per heavy atom. The van der Waals surface area contributed by atoms with Gasteiger partial charge in [0.1, 0.15) is 22.3 Å². The Hall–Kier alpha value is -8.41. The van der Waals surface area contributed by atoms with Crippen LogP contribution in [0.15, 0.2) is 209 Å². The fourth-order valence-electron chi connectivity index (χ4n) is 10.9. The number of hydrogen-bond acceptors (Lipinski definition) is 5. The summed E-state index contributed by atoms with van der Waals surface area (Å²) in [6.07, 6.45) is 0. The van der Waals surface area contributed by atoms with Crippen molar-refractivity contribution in [3.63, 3.8) is 0 Å². The van der Waals surface area contributed by atoms with Crippen LogP contribution in [0.1, 0.15) is 22.3 Å². The minimum Gasteiger partial charge on any atom is -0.456 e. The van der Waals surface area contributed by atoms with Gasteiger partial charge in [0, 0.05) is 38.2 Å². The standard InChI is InChI=1S/C58H33N3O2/c1-2-16-36-35(15-1)37-17-3-8-24-45(37)58(46-25-9-4-18-38(36)46)47-26-10-5-20-41(47)53-43(22-13-27-48(53)58)56-59-55(34-31-32-40-39-19-6-11-28-49(39)63-52(40)33-34)60-57(61-56)44-23-14-30-51-54(44)42-21-7-12-29-50(42)62-51/h1-33H. The summed E-state index contributed by atoms with van der Waals surface area (Å²) in [6.45, 7) is 0. The van der Waals surface area contributed by atoms with Crippen LogP contribution in [0, 0.1) is 0 Å². The van der Waals surface area contributed by atoms with Crippen molar-refractivity contribution in [1.29, 1.82) is 0 Å². The van der Waals surface area contributed by atoms with Crippen LogP contribution in [0.2, 0.25) is 0 Å². The highest BCUT2D eigenvalue weighted by Crippen LogP contribution is 2.62. The molecule has 0 fully saturated rings. The summed E-state index contributed by atoms with van der Waals surface area (Å²) in [4.78, 5) is 16.2. The van der Waals surface area contributed by atoms with Crippen LogP contribution < -0.4 is 0 Å². The molecule has 14 rings (SSSR count). The maximum Gasteiger partial charge on any atom is 0.164 e. The van der Waals surface area contributed by atoms with Gasteiger partial charge in [-0.2, -0.15) is 0 Å². The number of nitrogens with zero attached hydrogens (tertiary/aromatic N) is 3. The average Bonchev–Trinajstić information content (AvgIpc) is 4.00. The summed E-state index contributed by atoms with van der Waals surface area (Å²) in [7, 11) is 0. The van der Waals surface area contributed by atoms with Gasteiger partial charge >= 0.3 is 0 Å². The molecule has 2 aliphatic rings. The van der Waals surface area contributed by atoms with E-state index in [9.17, 15) is 0 Å². The van der Waals surface area contributed by atoms with Crippen molar-refractivity contribution in [2.24, 2.45) is 0 Å². The van der Waals surface area contributed by atoms with Crippen molar-refractivity contribution in [1.82, 2.24) is 15.0 Å². The van der Waals surface area contributed by atoms with Gasteiger partial charge in [-0.3, -0.25) is 0 Å². The van der Waals surface area contributed by atoms with Crippen molar-refractivity contribution < 1.29 is 8.83 Å². The molecule has 5 heteroatoms. The highest BCUT2D eigenvalue weighted by Gasteiger charge is 2.50. The van der Waals surface area contributed by atoms with E-state index >= 15 is 0 Å². The summed E-state index contributed by atoms with van der Waals surface area (Å²) in [5.74, 6) is 1.71. The number of rotatable bonds is 3. The average molecular weight is 804 g/mol. The van der Waals surface area contributed by atoms with Crippen LogP contribution in [0.5, 0.6) is 0 Å². The molecule has 0 N–H and O–H groups in total. The van der Waals surface area contributed by atoms with Gasteiger partial charge in [-0.05, 0) is 86.0 Å². The van der Waals surface area contributed by atoms with Gasteiger partial charge in [-0.1, -0.05) is 170 Å². The fourth-order valence-corrected chi connectivity index (χ4v) is 10.9. The summed E-state index contributed by atoms with van der Waals surface area (Å²) in [5, 5.41) is 4.11. The molecule has 1 spiro atoms. The molecule has 3 aromatic heterocycles. The highest BCUT2D eigenvalue weighted by atomic mass is 16.3. The molecule has 292 valence electrons. The van der Waals surface area contributed by atoms with E-state index in [0.29, 0.717) is 17.5 Å². The molecule has 0 radical (unpaired) electrons. The second-order valence-electron chi connectivity index (χ2n) is 16.6. The molecule has 3 heterocycles. The highest BCUT2D eigenvalue weighted by molar-refractivity contribution is 6.12. The van der Waals surface area contributed by atoms with Crippen LogP contribution in [0.4, 0.5) is 0 Å². The van der Waals surface area contributed by atoms with E-state index in [1.54, 1.807) is 0 Å². The van der Waals surface area contributed by atoms with Crippen molar-refractivity contribution in [2.75, 3.05) is 0 Å². The Labute approximate surface area is 361 Å². The zero-order valence-electron chi connectivity index (χ0n) is 33.7. The number of furan rings is 2. The van der Waals surface area contributed by atoms with Crippen molar-refractivity contribution in [3.05, 3.63) is 222 Å². The summed E-state index contributed by atoms with van der Waals surface area (Å²) >= 11 is 0. The Balaban J connectivity index is 1.08. The molecule has 9 aromatic carbocycles. The van der Waals surface area contributed by atoms with E-state index in [1.165, 1.54) is 44.5 Å². The lowest BCUT2D eigenvalue weighted by Gasteiger charge is -2.35. The maximum absolute atomic E-state index is 6.41. The quantitative estimate of drug-likeness (QED) is 0.178. The summed E-state index contributed by atoms with van der Waals surface area (Å²) < 4.78 is 12.8. The lowest BCUT2D eigenvalue weighted by molar-refractivity contribution is 0.668. The van der Waals surface area contributed by atoms with Gasteiger partial charge in [0.2, 0.25) is 0 Å². The van der Waals surface area contributed by atoms with Crippen molar-refractivity contribution in [3.8, 4) is 67.5 Å². The third-order valence-electron chi connectivity index (χ3n) is 13.4. The molecule has 0 bridgehead atoms. The first-order valence-corrected chi connectivity index (χ1v) is 21.3. The number of para-hydroxylation sites is 2. The Morgan fingerprint density at radius 2 is 0.762 bits per heavy atom. The van der Waals surface area contributed by atoms with E-state index < -0.39 is 5.41 Å². The van der Waals surface area contributed by atoms with E-state index in [4.69, 9.17) is 23.8 Å². The van der Waals surface area contributed by atoms with Crippen molar-refractivity contribution in [2.45, 2.75) is 5.41 Å². The minimum atomic E-state index is -0.638. The van der Waals surface area contributed by atoms with E-state index in [-0.39, 0.29) is 0 Å². The molecule has 0 atom stereocenters. The normalized spacial score (nSPS) is 13.2. The van der Waals surface area contributed by atoms with E-state index in [2.05, 4.69) is 152 Å². The summed E-state index contributed by atoms with van der Waals surface area (Å²) in [6, 6.07) is 71.1. The van der Waals surface area contributed by atoms with Gasteiger partial charge in [0.25, 0.3) is 0 Å². The van der Waals surface area contributed by atoms with E-state index in [1.807, 2.05) is 48.5 Å². The smallest absolute Gasteiger partial charge is 0.164 e. The first-order valence-electron chi connectivity index (χ1n) is 21.3. The third-order valence-corrected chi connectivity index (χ3v) is 13.4. The molecule has 0 saturated carbocycles. The maximum atomic E-state index is 6.41. The largest absolute Gasteiger partial charge is 0.456 e. The third kappa shape index (κ3) is 4.68. The molecule has 12 aromatic rings. The van der Waals surface area contributed by atoms with Crippen LogP contribution in [-0.2, 0) is 5.41 Å². The Morgan fingerprint density at radius 3 is 1.49 bits per heavy atom. The van der Waals surface area contributed by atoms with Gasteiger partial charge in [0.05, 0.1) is 5.41 Å². The van der Waals surface area contributed by atoms with Crippen LogP contribution in [0.3, 0.4) is 0 Å². The van der Waals surface area contributed by atoms with Crippen molar-refractivity contribution >= 4 is 43.9 Å². The molecule has 2 aliphatic carbocycles. The van der Waals surface area contributed by atoms with Gasteiger partial charge in [-0.15, -0.1) is 0 Å². The first kappa shape index (κ1) is 34.3. The molecule has 0 amide bonds. The second-order valence-corrected chi connectivity index (χ2v) is 16.6. The molecule has 0 aliphatic heterocycles. The lowest BCUT2D eigenvalue weighted by Crippen LogP contribution is -2.29. The molecular formula is C58H33N3O2. The Bertz CT molecular complexity index is 3830. The van der Waals surface area contributed by atoms with Gasteiger partial charge in [0.15, 0.2) is 17.5 Å². The van der Waals surface area contributed by atoms with Gasteiger partial charge in [-0.25, -0.2) is 15.0 Å². The van der Waals surface area contributed by atoms with Crippen LogP contribution in [-0.4, -0.2) is 15.0 Å². The second kappa shape index (κ2) is 12.8. The van der Waals surface area contributed by atoms with E-state index in [0.717, 1.165) is 71.7 Å².